The van der Waals surface area contributed by atoms with Crippen molar-refractivity contribution in [1.82, 2.24) is 9.47 Å². The molecule has 0 unspecified atom stereocenters. The van der Waals surface area contributed by atoms with Crippen LogP contribution in [0.5, 0.6) is 0 Å². The molecule has 1 aromatic heterocycles. The maximum atomic E-state index is 12.6. The summed E-state index contributed by atoms with van der Waals surface area (Å²) in [7, 11) is 0. The van der Waals surface area contributed by atoms with Gasteiger partial charge in [-0.2, -0.15) is 0 Å². The topological polar surface area (TPSA) is 42.3 Å². The van der Waals surface area contributed by atoms with Gasteiger partial charge in [-0.3, -0.25) is 14.2 Å². The van der Waals surface area contributed by atoms with E-state index in [1.165, 1.54) is 0 Å². The van der Waals surface area contributed by atoms with Gasteiger partial charge in [0.15, 0.2) is 0 Å². The van der Waals surface area contributed by atoms with Crippen LogP contribution in [0.1, 0.15) is 24.1 Å². The molecule has 5 heteroatoms. The predicted octanol–water partition coefficient (Wildman–Crippen LogP) is 2.41. The molecule has 0 bridgehead atoms. The fourth-order valence-electron chi connectivity index (χ4n) is 2.41. The summed E-state index contributed by atoms with van der Waals surface area (Å²) < 4.78 is 1.56. The van der Waals surface area contributed by atoms with Gasteiger partial charge in [-0.1, -0.05) is 41.7 Å². The van der Waals surface area contributed by atoms with Gasteiger partial charge in [-0.15, -0.1) is 0 Å². The maximum absolute atomic E-state index is 12.6. The Morgan fingerprint density at radius 2 is 2.05 bits per heavy atom. The van der Waals surface area contributed by atoms with E-state index in [1.807, 2.05) is 42.2 Å². The van der Waals surface area contributed by atoms with Crippen molar-refractivity contribution in [2.24, 2.45) is 0 Å². The van der Waals surface area contributed by atoms with Gasteiger partial charge in [0.1, 0.15) is 6.54 Å². The standard InChI is InChI=1S/C16H18N2O2S/c1-12-11-21-16(20)17(12)10-15(19)18(14-7-8-14)9-13-5-3-2-4-6-13/h2-6,11,14H,7-10H2,1H3. The Balaban J connectivity index is 1.75. The Bertz CT molecular complexity index is 686. The molecule has 0 saturated heterocycles. The van der Waals surface area contributed by atoms with Crippen molar-refractivity contribution in [2.75, 3.05) is 0 Å². The molecule has 0 radical (unpaired) electrons. The van der Waals surface area contributed by atoms with Crippen LogP contribution in [0.15, 0.2) is 40.5 Å². The first-order valence-electron chi connectivity index (χ1n) is 7.13. The lowest BCUT2D eigenvalue weighted by Crippen LogP contribution is -2.37. The average molecular weight is 302 g/mol. The third kappa shape index (κ3) is 3.24. The van der Waals surface area contributed by atoms with Crippen molar-refractivity contribution < 1.29 is 4.79 Å². The first-order chi connectivity index (χ1) is 10.1. The minimum absolute atomic E-state index is 0.0324. The quantitative estimate of drug-likeness (QED) is 0.851. The summed E-state index contributed by atoms with van der Waals surface area (Å²) >= 11 is 1.15. The number of hydrogen-bond acceptors (Lipinski definition) is 3. The molecule has 1 heterocycles. The van der Waals surface area contributed by atoms with Gasteiger partial charge in [-0.05, 0) is 25.3 Å². The molecular formula is C16H18N2O2S. The molecule has 0 spiro atoms. The Kier molecular flexibility index (Phi) is 3.92. The van der Waals surface area contributed by atoms with Gasteiger partial charge in [0.25, 0.3) is 0 Å². The molecule has 1 saturated carbocycles. The van der Waals surface area contributed by atoms with E-state index in [4.69, 9.17) is 0 Å². The summed E-state index contributed by atoms with van der Waals surface area (Å²) in [6.45, 7) is 2.64. The van der Waals surface area contributed by atoms with Crippen LogP contribution < -0.4 is 4.87 Å². The van der Waals surface area contributed by atoms with Crippen LogP contribution in [0.4, 0.5) is 0 Å². The number of benzene rings is 1. The van der Waals surface area contributed by atoms with Crippen LogP contribution in [0.3, 0.4) is 0 Å². The molecule has 4 nitrogen and oxygen atoms in total. The summed E-state index contributed by atoms with van der Waals surface area (Å²) in [5.74, 6) is 0.0324. The first-order valence-corrected chi connectivity index (χ1v) is 8.01. The SMILES string of the molecule is Cc1csc(=O)n1CC(=O)N(Cc1ccccc1)C1CC1. The van der Waals surface area contributed by atoms with E-state index < -0.39 is 0 Å². The molecular weight excluding hydrogens is 284 g/mol. The van der Waals surface area contributed by atoms with Gasteiger partial charge < -0.3 is 4.90 Å². The summed E-state index contributed by atoms with van der Waals surface area (Å²) in [4.78, 5) is 26.2. The maximum Gasteiger partial charge on any atom is 0.307 e. The minimum Gasteiger partial charge on any atom is -0.334 e. The Hall–Kier alpha value is -1.88. The highest BCUT2D eigenvalue weighted by Crippen LogP contribution is 2.28. The van der Waals surface area contributed by atoms with E-state index in [0.29, 0.717) is 12.6 Å². The molecule has 1 aliphatic carbocycles. The van der Waals surface area contributed by atoms with E-state index in [9.17, 15) is 9.59 Å². The Morgan fingerprint density at radius 1 is 1.33 bits per heavy atom. The molecule has 1 amide bonds. The van der Waals surface area contributed by atoms with Gasteiger partial charge in [0.2, 0.25) is 5.91 Å². The number of aromatic nitrogens is 1. The average Bonchev–Trinajstić information content (AvgIpc) is 3.28. The second kappa shape index (κ2) is 5.85. The molecule has 0 atom stereocenters. The Morgan fingerprint density at radius 3 is 2.62 bits per heavy atom. The van der Waals surface area contributed by atoms with E-state index in [1.54, 1.807) is 9.95 Å². The molecule has 0 N–H and O–H groups in total. The summed E-state index contributed by atoms with van der Waals surface area (Å²) in [5, 5.41) is 1.80. The molecule has 3 rings (SSSR count). The highest BCUT2D eigenvalue weighted by Gasteiger charge is 2.32. The van der Waals surface area contributed by atoms with Gasteiger partial charge in [0.05, 0.1) is 0 Å². The van der Waals surface area contributed by atoms with Crippen LogP contribution in [0.25, 0.3) is 0 Å². The van der Waals surface area contributed by atoms with Gasteiger partial charge in [-0.25, -0.2) is 0 Å². The number of amides is 1. The summed E-state index contributed by atoms with van der Waals surface area (Å²) in [6.07, 6.45) is 2.13. The number of thiazole rings is 1. The van der Waals surface area contributed by atoms with E-state index >= 15 is 0 Å². The first kappa shape index (κ1) is 14.1. The normalized spacial score (nSPS) is 14.1. The monoisotopic (exact) mass is 302 g/mol. The lowest BCUT2D eigenvalue weighted by Gasteiger charge is -2.23. The zero-order valence-corrected chi connectivity index (χ0v) is 12.8. The number of carbonyl (C=O) groups is 1. The minimum atomic E-state index is -0.0590. The fourth-order valence-corrected chi connectivity index (χ4v) is 3.14. The predicted molar refractivity (Wildman–Crippen MR) is 83.3 cm³/mol. The van der Waals surface area contributed by atoms with Crippen LogP contribution in [0.2, 0.25) is 0 Å². The van der Waals surface area contributed by atoms with Gasteiger partial charge in [0, 0.05) is 23.7 Å². The van der Waals surface area contributed by atoms with Gasteiger partial charge >= 0.3 is 4.87 Å². The van der Waals surface area contributed by atoms with E-state index in [2.05, 4.69) is 0 Å². The zero-order chi connectivity index (χ0) is 14.8. The van der Waals surface area contributed by atoms with Crippen molar-refractivity contribution in [3.63, 3.8) is 0 Å². The van der Waals surface area contributed by atoms with Crippen molar-refractivity contribution in [3.05, 3.63) is 56.6 Å². The highest BCUT2D eigenvalue weighted by molar-refractivity contribution is 7.07. The fraction of sp³-hybridized carbons (Fsp3) is 0.375. The van der Waals surface area contributed by atoms with Crippen molar-refractivity contribution in [2.45, 2.75) is 38.9 Å². The lowest BCUT2D eigenvalue weighted by atomic mass is 10.2. The van der Waals surface area contributed by atoms with E-state index in [-0.39, 0.29) is 17.3 Å². The number of hydrogen-bond donors (Lipinski definition) is 0. The van der Waals surface area contributed by atoms with E-state index in [0.717, 1.165) is 35.4 Å². The van der Waals surface area contributed by atoms with Crippen LogP contribution >= 0.6 is 11.3 Å². The highest BCUT2D eigenvalue weighted by atomic mass is 32.1. The number of aryl methyl sites for hydroxylation is 1. The van der Waals surface area contributed by atoms with Crippen LogP contribution in [-0.4, -0.2) is 21.4 Å². The number of carbonyl (C=O) groups excluding carboxylic acids is 1. The van der Waals surface area contributed by atoms with Crippen molar-refractivity contribution in [1.29, 1.82) is 0 Å². The molecule has 110 valence electrons. The molecule has 1 aromatic carbocycles. The second-order valence-electron chi connectivity index (χ2n) is 5.47. The molecule has 2 aromatic rings. The largest absolute Gasteiger partial charge is 0.334 e. The number of nitrogens with zero attached hydrogens (tertiary/aromatic N) is 2. The summed E-state index contributed by atoms with van der Waals surface area (Å²) in [6, 6.07) is 10.3. The van der Waals surface area contributed by atoms with Crippen LogP contribution in [-0.2, 0) is 17.9 Å². The van der Waals surface area contributed by atoms with Crippen molar-refractivity contribution >= 4 is 17.2 Å². The smallest absolute Gasteiger partial charge is 0.307 e. The van der Waals surface area contributed by atoms with Crippen LogP contribution in [0, 0.1) is 6.92 Å². The molecule has 0 aliphatic heterocycles. The Labute approximate surface area is 127 Å². The second-order valence-corrected chi connectivity index (χ2v) is 6.29. The zero-order valence-electron chi connectivity index (χ0n) is 12.0. The third-order valence-electron chi connectivity index (χ3n) is 3.77. The molecule has 1 fully saturated rings. The lowest BCUT2D eigenvalue weighted by molar-refractivity contribution is -0.133. The molecule has 1 aliphatic rings. The van der Waals surface area contributed by atoms with Crippen molar-refractivity contribution in [3.8, 4) is 0 Å². The molecule has 21 heavy (non-hydrogen) atoms. The third-order valence-corrected chi connectivity index (χ3v) is 4.65. The number of rotatable bonds is 5. The summed E-state index contributed by atoms with van der Waals surface area (Å²) in [5.41, 5.74) is 1.99.